The monoisotopic (exact) mass is 293 g/mol. The highest BCUT2D eigenvalue weighted by atomic mass is 16.4. The molecule has 0 rings (SSSR count). The van der Waals surface area contributed by atoms with Gasteiger partial charge in [-0.2, -0.15) is 0 Å². The van der Waals surface area contributed by atoms with E-state index in [9.17, 15) is 14.4 Å². The maximum Gasteiger partial charge on any atom is 0.336 e. The van der Waals surface area contributed by atoms with Crippen LogP contribution in [0.1, 0.15) is 33.6 Å². The van der Waals surface area contributed by atoms with E-state index in [2.05, 4.69) is 25.7 Å². The number of carbonyl (C=O) groups is 3. The highest BCUT2D eigenvalue weighted by Crippen LogP contribution is 2.15. The van der Waals surface area contributed by atoms with Crippen LogP contribution >= 0.6 is 0 Å². The molecule has 0 aromatic heterocycles. The second kappa shape index (κ2) is 10.2. The second-order valence-corrected chi connectivity index (χ2v) is 4.10. The Balaban J connectivity index is 0. The van der Waals surface area contributed by atoms with Crippen LogP contribution in [-0.2, 0) is 14.4 Å². The van der Waals surface area contributed by atoms with E-state index in [4.69, 9.17) is 20.4 Å². The maximum atomic E-state index is 10.3. The Kier molecular flexibility index (Phi) is 10.5. The molecule has 0 saturated carbocycles. The van der Waals surface area contributed by atoms with E-state index in [-0.39, 0.29) is 0 Å². The third-order valence-electron chi connectivity index (χ3n) is 2.63. The topological polar surface area (TPSA) is 135 Å². The molecule has 0 aromatic carbocycles. The lowest BCUT2D eigenvalue weighted by molar-refractivity contribution is -0.170. The lowest BCUT2D eigenvalue weighted by Gasteiger charge is -2.18. The third kappa shape index (κ3) is 9.29. The lowest BCUT2D eigenvalue weighted by Crippen LogP contribution is -2.42. The molecule has 0 bridgehead atoms. The van der Waals surface area contributed by atoms with Crippen LogP contribution < -0.4 is 0 Å². The van der Waals surface area contributed by atoms with Crippen LogP contribution in [0.2, 0.25) is 0 Å². The molecule has 0 unspecified atom stereocenters. The van der Waals surface area contributed by atoms with Gasteiger partial charge in [0, 0.05) is 0 Å². The second-order valence-electron chi connectivity index (χ2n) is 4.10. The molecule has 0 atom stereocenters. The third-order valence-corrected chi connectivity index (χ3v) is 2.63. The number of aliphatic hydroxyl groups is 1. The van der Waals surface area contributed by atoms with Crippen molar-refractivity contribution < 1.29 is 34.8 Å². The molecule has 8 heteroatoms. The fourth-order valence-corrected chi connectivity index (χ4v) is 1.38. The minimum absolute atomic E-state index is 1.14. The number of hydrogen-bond donors (Lipinski definition) is 4. The highest BCUT2D eigenvalue weighted by molar-refractivity contribution is 5.88. The zero-order chi connectivity index (χ0) is 16.3. The van der Waals surface area contributed by atoms with Crippen molar-refractivity contribution in [1.82, 2.24) is 4.90 Å². The molecule has 0 amide bonds. The SMILES string of the molecule is CCN(CC)CC.O=C(O)CC(O)(CC(=O)O)C(=O)O. The summed E-state index contributed by atoms with van der Waals surface area (Å²) in [5.74, 6) is -5.02. The summed E-state index contributed by atoms with van der Waals surface area (Å²) >= 11 is 0. The van der Waals surface area contributed by atoms with Crippen molar-refractivity contribution in [1.29, 1.82) is 0 Å². The summed E-state index contributed by atoms with van der Waals surface area (Å²) in [5, 5.41) is 33.8. The van der Waals surface area contributed by atoms with Gasteiger partial charge in [0.25, 0.3) is 0 Å². The van der Waals surface area contributed by atoms with Crippen LogP contribution in [0.5, 0.6) is 0 Å². The zero-order valence-electron chi connectivity index (χ0n) is 12.0. The van der Waals surface area contributed by atoms with Crippen LogP contribution in [0.4, 0.5) is 0 Å². The van der Waals surface area contributed by atoms with E-state index in [1.807, 2.05) is 0 Å². The summed E-state index contributed by atoms with van der Waals surface area (Å²) in [4.78, 5) is 32.9. The van der Waals surface area contributed by atoms with Gasteiger partial charge in [0.1, 0.15) is 0 Å². The normalized spacial score (nSPS) is 10.7. The Morgan fingerprint density at radius 2 is 1.15 bits per heavy atom. The van der Waals surface area contributed by atoms with Gasteiger partial charge in [0.05, 0.1) is 12.8 Å². The summed E-state index contributed by atoms with van der Waals surface area (Å²) in [5.41, 5.74) is -2.74. The highest BCUT2D eigenvalue weighted by Gasteiger charge is 2.40. The van der Waals surface area contributed by atoms with Crippen LogP contribution in [-0.4, -0.2) is 68.5 Å². The summed E-state index contributed by atoms with van der Waals surface area (Å²) in [6, 6.07) is 0. The molecule has 20 heavy (non-hydrogen) atoms. The molecule has 0 aromatic rings. The van der Waals surface area contributed by atoms with Gasteiger partial charge < -0.3 is 25.3 Å². The Morgan fingerprint density at radius 3 is 1.25 bits per heavy atom. The van der Waals surface area contributed by atoms with Crippen LogP contribution in [0, 0.1) is 0 Å². The van der Waals surface area contributed by atoms with E-state index >= 15 is 0 Å². The average molecular weight is 293 g/mol. The number of carboxylic acids is 3. The molecule has 0 heterocycles. The first-order valence-corrected chi connectivity index (χ1v) is 6.24. The standard InChI is InChI=1S/C6H15N.C6H8O7/c1-4-7(5-2)6-3;7-3(8)1-6(13,5(11)12)2-4(9)10/h4-6H2,1-3H3;13H,1-2H2,(H,7,8)(H,9,10)(H,11,12). The molecular weight excluding hydrogens is 270 g/mol. The first-order valence-electron chi connectivity index (χ1n) is 6.24. The van der Waals surface area contributed by atoms with Gasteiger partial charge in [0.2, 0.25) is 0 Å². The zero-order valence-corrected chi connectivity index (χ0v) is 12.0. The minimum Gasteiger partial charge on any atom is -0.481 e. The van der Waals surface area contributed by atoms with Crippen molar-refractivity contribution in [2.24, 2.45) is 0 Å². The molecule has 0 aliphatic heterocycles. The van der Waals surface area contributed by atoms with E-state index < -0.39 is 36.4 Å². The summed E-state index contributed by atoms with van der Waals surface area (Å²) in [7, 11) is 0. The first kappa shape index (κ1) is 20.6. The molecule has 0 radical (unpaired) electrons. The van der Waals surface area contributed by atoms with Crippen LogP contribution in [0.3, 0.4) is 0 Å². The summed E-state index contributed by atoms with van der Waals surface area (Å²) < 4.78 is 0. The van der Waals surface area contributed by atoms with Crippen molar-refractivity contribution in [3.63, 3.8) is 0 Å². The van der Waals surface area contributed by atoms with Gasteiger partial charge in [-0.1, -0.05) is 20.8 Å². The van der Waals surface area contributed by atoms with Crippen molar-refractivity contribution in [2.45, 2.75) is 39.2 Å². The van der Waals surface area contributed by atoms with Crippen molar-refractivity contribution in [3.8, 4) is 0 Å². The van der Waals surface area contributed by atoms with Gasteiger partial charge in [-0.25, -0.2) is 4.79 Å². The van der Waals surface area contributed by atoms with Gasteiger partial charge >= 0.3 is 17.9 Å². The first-order chi connectivity index (χ1) is 9.12. The Morgan fingerprint density at radius 1 is 0.850 bits per heavy atom. The largest absolute Gasteiger partial charge is 0.481 e. The van der Waals surface area contributed by atoms with Gasteiger partial charge in [0.15, 0.2) is 5.60 Å². The lowest BCUT2D eigenvalue weighted by atomic mass is 9.96. The number of hydrogen-bond acceptors (Lipinski definition) is 5. The smallest absolute Gasteiger partial charge is 0.336 e. The van der Waals surface area contributed by atoms with E-state index in [0.29, 0.717) is 0 Å². The van der Waals surface area contributed by atoms with Crippen molar-refractivity contribution in [2.75, 3.05) is 19.6 Å². The van der Waals surface area contributed by atoms with Crippen LogP contribution in [0.25, 0.3) is 0 Å². The molecule has 8 nitrogen and oxygen atoms in total. The molecule has 0 saturated heterocycles. The van der Waals surface area contributed by atoms with Gasteiger partial charge in [-0.3, -0.25) is 9.59 Å². The summed E-state index contributed by atoms with van der Waals surface area (Å²) in [6.45, 7) is 10.1. The molecule has 4 N–H and O–H groups in total. The van der Waals surface area contributed by atoms with Gasteiger partial charge in [-0.05, 0) is 19.6 Å². The molecule has 0 fully saturated rings. The Bertz CT molecular complexity index is 304. The minimum atomic E-state index is -2.74. The van der Waals surface area contributed by atoms with E-state index in [0.717, 1.165) is 0 Å². The average Bonchev–Trinajstić information content (AvgIpc) is 2.29. The van der Waals surface area contributed by atoms with Crippen molar-refractivity contribution >= 4 is 17.9 Å². The van der Waals surface area contributed by atoms with E-state index in [1.54, 1.807) is 0 Å². The molecule has 0 aliphatic carbocycles. The van der Waals surface area contributed by atoms with Crippen LogP contribution in [0.15, 0.2) is 0 Å². The Labute approximate surface area is 117 Å². The molecular formula is C12H23NO7. The molecule has 0 aliphatic rings. The fourth-order valence-electron chi connectivity index (χ4n) is 1.38. The number of rotatable bonds is 8. The molecule has 0 spiro atoms. The predicted molar refractivity (Wildman–Crippen MR) is 70.6 cm³/mol. The van der Waals surface area contributed by atoms with Gasteiger partial charge in [-0.15, -0.1) is 0 Å². The summed E-state index contributed by atoms with van der Waals surface area (Å²) in [6.07, 6.45) is -2.29. The fraction of sp³-hybridized carbons (Fsp3) is 0.750. The predicted octanol–water partition coefficient (Wildman–Crippen LogP) is 0.0996. The van der Waals surface area contributed by atoms with E-state index in [1.165, 1.54) is 19.6 Å². The molecule has 118 valence electrons. The quantitative estimate of drug-likeness (QED) is 0.495. The number of aliphatic carboxylic acids is 3. The maximum absolute atomic E-state index is 10.3. The number of nitrogens with zero attached hydrogens (tertiary/aromatic N) is 1. The Hall–Kier alpha value is -1.67. The number of carboxylic acid groups (broad SMARTS) is 3. The van der Waals surface area contributed by atoms with Crippen molar-refractivity contribution in [3.05, 3.63) is 0 Å².